The molecule has 0 unspecified atom stereocenters. The average Bonchev–Trinajstić information content (AvgIpc) is 2.17. The standard InChI is InChI=1S/C10H17N3S/c1-8-5-11-9(12-6-8)13-7-10(2,3)14-4/h5-6H,7H2,1-4H3,(H,11,12,13). The van der Waals surface area contributed by atoms with Gasteiger partial charge >= 0.3 is 0 Å². The molecule has 0 saturated carbocycles. The van der Waals surface area contributed by atoms with Crippen molar-refractivity contribution < 1.29 is 0 Å². The number of aromatic nitrogens is 2. The van der Waals surface area contributed by atoms with Gasteiger partial charge in [-0.05, 0) is 32.6 Å². The van der Waals surface area contributed by atoms with Crippen LogP contribution in [0.1, 0.15) is 19.4 Å². The molecule has 3 nitrogen and oxygen atoms in total. The van der Waals surface area contributed by atoms with E-state index in [1.807, 2.05) is 31.1 Å². The highest BCUT2D eigenvalue weighted by molar-refractivity contribution is 7.99. The summed E-state index contributed by atoms with van der Waals surface area (Å²) in [6, 6.07) is 0. The van der Waals surface area contributed by atoms with Crippen molar-refractivity contribution in [3.63, 3.8) is 0 Å². The third kappa shape index (κ3) is 3.54. The van der Waals surface area contributed by atoms with E-state index in [0.717, 1.165) is 12.1 Å². The monoisotopic (exact) mass is 211 g/mol. The minimum absolute atomic E-state index is 0.217. The lowest BCUT2D eigenvalue weighted by Gasteiger charge is -2.21. The second kappa shape index (κ2) is 4.64. The zero-order valence-corrected chi connectivity index (χ0v) is 9.98. The molecule has 0 aliphatic carbocycles. The maximum atomic E-state index is 4.18. The average molecular weight is 211 g/mol. The molecule has 1 rings (SSSR count). The van der Waals surface area contributed by atoms with E-state index in [4.69, 9.17) is 0 Å². The Morgan fingerprint density at radius 2 is 1.93 bits per heavy atom. The van der Waals surface area contributed by atoms with Crippen LogP contribution in [0.25, 0.3) is 0 Å². The summed E-state index contributed by atoms with van der Waals surface area (Å²) in [6.45, 7) is 7.24. The predicted molar refractivity (Wildman–Crippen MR) is 62.9 cm³/mol. The number of hydrogen-bond donors (Lipinski definition) is 1. The molecule has 0 fully saturated rings. The van der Waals surface area contributed by atoms with Crippen molar-refractivity contribution in [3.05, 3.63) is 18.0 Å². The van der Waals surface area contributed by atoms with Crippen molar-refractivity contribution >= 4 is 17.7 Å². The van der Waals surface area contributed by atoms with Crippen LogP contribution in [0.5, 0.6) is 0 Å². The summed E-state index contributed by atoms with van der Waals surface area (Å²) in [4.78, 5) is 8.37. The van der Waals surface area contributed by atoms with Crippen LogP contribution in [0, 0.1) is 6.92 Å². The summed E-state index contributed by atoms with van der Waals surface area (Å²) >= 11 is 1.83. The van der Waals surface area contributed by atoms with Gasteiger partial charge < -0.3 is 5.32 Å². The van der Waals surface area contributed by atoms with Gasteiger partial charge in [-0.15, -0.1) is 0 Å². The van der Waals surface area contributed by atoms with E-state index in [1.165, 1.54) is 0 Å². The number of rotatable bonds is 4. The number of thioether (sulfide) groups is 1. The maximum Gasteiger partial charge on any atom is 0.222 e. The first-order chi connectivity index (χ1) is 6.53. The third-order valence-electron chi connectivity index (χ3n) is 2.01. The summed E-state index contributed by atoms with van der Waals surface area (Å²) in [7, 11) is 0. The summed E-state index contributed by atoms with van der Waals surface area (Å²) in [5.74, 6) is 0.706. The van der Waals surface area contributed by atoms with Gasteiger partial charge in [-0.1, -0.05) is 0 Å². The molecule has 0 radical (unpaired) electrons. The van der Waals surface area contributed by atoms with Crippen LogP contribution in [0.15, 0.2) is 12.4 Å². The van der Waals surface area contributed by atoms with Crippen molar-refractivity contribution in [1.82, 2.24) is 9.97 Å². The van der Waals surface area contributed by atoms with Crippen molar-refractivity contribution in [2.45, 2.75) is 25.5 Å². The highest BCUT2D eigenvalue weighted by Crippen LogP contribution is 2.20. The van der Waals surface area contributed by atoms with Crippen molar-refractivity contribution in [3.8, 4) is 0 Å². The first kappa shape index (κ1) is 11.3. The molecule has 14 heavy (non-hydrogen) atoms. The van der Waals surface area contributed by atoms with Gasteiger partial charge in [0.05, 0.1) is 0 Å². The van der Waals surface area contributed by atoms with Gasteiger partial charge in [0, 0.05) is 23.7 Å². The maximum absolute atomic E-state index is 4.18. The number of anilines is 1. The molecular formula is C10H17N3S. The fraction of sp³-hybridized carbons (Fsp3) is 0.600. The third-order valence-corrected chi connectivity index (χ3v) is 3.26. The summed E-state index contributed by atoms with van der Waals surface area (Å²) in [6.07, 6.45) is 5.75. The predicted octanol–water partition coefficient (Wildman–Crippen LogP) is 2.34. The van der Waals surface area contributed by atoms with Crippen LogP contribution >= 0.6 is 11.8 Å². The summed E-state index contributed by atoms with van der Waals surface area (Å²) < 4.78 is 0.217. The topological polar surface area (TPSA) is 37.8 Å². The fourth-order valence-corrected chi connectivity index (χ4v) is 1.06. The highest BCUT2D eigenvalue weighted by Gasteiger charge is 2.15. The van der Waals surface area contributed by atoms with Crippen molar-refractivity contribution in [1.29, 1.82) is 0 Å². The fourth-order valence-electron chi connectivity index (χ4n) is 0.848. The SMILES string of the molecule is CSC(C)(C)CNc1ncc(C)cn1. The van der Waals surface area contributed by atoms with Gasteiger partial charge in [-0.3, -0.25) is 0 Å². The Kier molecular flexibility index (Phi) is 3.75. The molecule has 78 valence electrons. The number of hydrogen-bond acceptors (Lipinski definition) is 4. The lowest BCUT2D eigenvalue weighted by Crippen LogP contribution is -2.26. The molecule has 0 spiro atoms. The first-order valence-corrected chi connectivity index (χ1v) is 5.84. The molecule has 1 aromatic rings. The van der Waals surface area contributed by atoms with Gasteiger partial charge in [0.25, 0.3) is 0 Å². The number of aryl methyl sites for hydroxylation is 1. The van der Waals surface area contributed by atoms with Crippen LogP contribution in [-0.4, -0.2) is 27.5 Å². The molecule has 1 aromatic heterocycles. The van der Waals surface area contributed by atoms with Crippen LogP contribution in [0.3, 0.4) is 0 Å². The van der Waals surface area contributed by atoms with Gasteiger partial charge in [0.1, 0.15) is 0 Å². The zero-order valence-electron chi connectivity index (χ0n) is 9.16. The lowest BCUT2D eigenvalue weighted by molar-refractivity contribution is 0.746. The minimum atomic E-state index is 0.217. The molecule has 0 aliphatic heterocycles. The molecular weight excluding hydrogens is 194 g/mol. The quantitative estimate of drug-likeness (QED) is 0.829. The van der Waals surface area contributed by atoms with E-state index in [-0.39, 0.29) is 4.75 Å². The van der Waals surface area contributed by atoms with Gasteiger partial charge in [0.2, 0.25) is 5.95 Å². The Morgan fingerprint density at radius 1 is 1.36 bits per heavy atom. The molecule has 0 atom stereocenters. The second-order valence-corrected chi connectivity index (χ2v) is 5.41. The van der Waals surface area contributed by atoms with Crippen molar-refractivity contribution in [2.75, 3.05) is 18.1 Å². The van der Waals surface area contributed by atoms with Crippen molar-refractivity contribution in [2.24, 2.45) is 0 Å². The normalized spacial score (nSPS) is 11.4. The van der Waals surface area contributed by atoms with E-state index >= 15 is 0 Å². The Hall–Kier alpha value is -0.770. The number of nitrogens with one attached hydrogen (secondary N) is 1. The Labute approximate surface area is 89.7 Å². The van der Waals surface area contributed by atoms with Gasteiger partial charge in [-0.2, -0.15) is 11.8 Å². The van der Waals surface area contributed by atoms with E-state index in [2.05, 4.69) is 35.4 Å². The van der Waals surface area contributed by atoms with Gasteiger partial charge in [-0.25, -0.2) is 9.97 Å². The molecule has 0 amide bonds. The second-order valence-electron chi connectivity index (χ2n) is 3.90. The lowest BCUT2D eigenvalue weighted by atomic mass is 10.2. The first-order valence-electron chi connectivity index (χ1n) is 4.61. The van der Waals surface area contributed by atoms with E-state index in [1.54, 1.807) is 0 Å². The van der Waals surface area contributed by atoms with E-state index in [0.29, 0.717) is 5.95 Å². The summed E-state index contributed by atoms with van der Waals surface area (Å²) in [5.41, 5.74) is 1.08. The summed E-state index contributed by atoms with van der Waals surface area (Å²) in [5, 5.41) is 3.22. The molecule has 0 bridgehead atoms. The highest BCUT2D eigenvalue weighted by atomic mass is 32.2. The van der Waals surface area contributed by atoms with Crippen LogP contribution in [0.4, 0.5) is 5.95 Å². The Morgan fingerprint density at radius 3 is 2.43 bits per heavy atom. The Bertz CT molecular complexity index is 282. The molecule has 1 heterocycles. The van der Waals surface area contributed by atoms with Crippen LogP contribution in [0.2, 0.25) is 0 Å². The van der Waals surface area contributed by atoms with Gasteiger partial charge in [0.15, 0.2) is 0 Å². The molecule has 4 heteroatoms. The van der Waals surface area contributed by atoms with Crippen LogP contribution in [-0.2, 0) is 0 Å². The molecule has 0 saturated heterocycles. The minimum Gasteiger partial charge on any atom is -0.353 e. The molecule has 0 aromatic carbocycles. The van der Waals surface area contributed by atoms with Crippen LogP contribution < -0.4 is 5.32 Å². The smallest absolute Gasteiger partial charge is 0.222 e. The van der Waals surface area contributed by atoms with E-state index in [9.17, 15) is 0 Å². The van der Waals surface area contributed by atoms with E-state index < -0.39 is 0 Å². The Balaban J connectivity index is 2.50. The molecule has 0 aliphatic rings. The zero-order chi connectivity index (χ0) is 10.6. The molecule has 1 N–H and O–H groups in total. The number of nitrogens with zero attached hydrogens (tertiary/aromatic N) is 2. The largest absolute Gasteiger partial charge is 0.353 e.